The summed E-state index contributed by atoms with van der Waals surface area (Å²) in [6, 6.07) is 3.33. The van der Waals surface area contributed by atoms with Crippen LogP contribution < -0.4 is 19.5 Å². The molecule has 2 aromatic rings. The first-order valence-electron chi connectivity index (χ1n) is 5.83. The van der Waals surface area contributed by atoms with E-state index in [4.69, 9.17) is 37.4 Å². The minimum absolute atomic E-state index is 0.202. The first-order chi connectivity index (χ1) is 10.1. The van der Waals surface area contributed by atoms with Crippen molar-refractivity contribution in [1.82, 2.24) is 9.97 Å². The number of nitrogens with one attached hydrogen (secondary N) is 1. The molecule has 0 aliphatic carbocycles. The van der Waals surface area contributed by atoms with E-state index in [1.807, 2.05) is 0 Å². The van der Waals surface area contributed by atoms with Gasteiger partial charge in [0.15, 0.2) is 16.7 Å². The van der Waals surface area contributed by atoms with Crippen molar-refractivity contribution in [2.24, 2.45) is 0 Å². The third kappa shape index (κ3) is 3.22. The van der Waals surface area contributed by atoms with Gasteiger partial charge < -0.3 is 19.5 Å². The largest absolute Gasteiger partial charge is 0.495 e. The van der Waals surface area contributed by atoms with E-state index in [1.165, 1.54) is 27.7 Å². The zero-order valence-electron chi connectivity index (χ0n) is 11.6. The molecule has 6 nitrogen and oxygen atoms in total. The van der Waals surface area contributed by atoms with Gasteiger partial charge in [-0.3, -0.25) is 0 Å². The number of nitrogens with zero attached hydrogens (tertiary/aromatic N) is 2. The van der Waals surface area contributed by atoms with Crippen LogP contribution in [0.4, 0.5) is 11.5 Å². The zero-order chi connectivity index (χ0) is 15.4. The van der Waals surface area contributed by atoms with Crippen LogP contribution in [-0.4, -0.2) is 31.3 Å². The normalized spacial score (nSPS) is 10.1. The molecule has 0 saturated heterocycles. The van der Waals surface area contributed by atoms with E-state index in [1.54, 1.807) is 12.1 Å². The van der Waals surface area contributed by atoms with Crippen LogP contribution in [0.2, 0.25) is 10.2 Å². The molecule has 1 aromatic carbocycles. The maximum atomic E-state index is 6.12. The molecule has 0 aliphatic rings. The van der Waals surface area contributed by atoms with E-state index in [0.717, 1.165) is 0 Å². The Morgan fingerprint density at radius 2 is 1.67 bits per heavy atom. The smallest absolute Gasteiger partial charge is 0.199 e. The van der Waals surface area contributed by atoms with E-state index in [-0.39, 0.29) is 5.15 Å². The van der Waals surface area contributed by atoms with Crippen molar-refractivity contribution in [3.8, 4) is 17.2 Å². The molecule has 0 aliphatic heterocycles. The van der Waals surface area contributed by atoms with Crippen molar-refractivity contribution in [3.05, 3.63) is 28.6 Å². The summed E-state index contributed by atoms with van der Waals surface area (Å²) in [6.07, 6.45) is 1.32. The molecule has 0 saturated carbocycles. The lowest BCUT2D eigenvalue weighted by atomic mass is 10.2. The molecular formula is C13H13Cl2N3O3. The van der Waals surface area contributed by atoms with E-state index < -0.39 is 0 Å². The molecule has 21 heavy (non-hydrogen) atoms. The van der Waals surface area contributed by atoms with Gasteiger partial charge in [0.05, 0.1) is 32.0 Å². The number of hydrogen-bond donors (Lipinski definition) is 1. The van der Waals surface area contributed by atoms with Gasteiger partial charge in [-0.15, -0.1) is 0 Å². The quantitative estimate of drug-likeness (QED) is 0.846. The summed E-state index contributed by atoms with van der Waals surface area (Å²) < 4.78 is 15.6. The zero-order valence-corrected chi connectivity index (χ0v) is 13.1. The lowest BCUT2D eigenvalue weighted by Crippen LogP contribution is -2.01. The molecule has 0 atom stereocenters. The van der Waals surface area contributed by atoms with Crippen LogP contribution in [0.1, 0.15) is 0 Å². The van der Waals surface area contributed by atoms with Gasteiger partial charge >= 0.3 is 0 Å². The van der Waals surface area contributed by atoms with Crippen LogP contribution >= 0.6 is 23.2 Å². The van der Waals surface area contributed by atoms with Crippen LogP contribution in [0.25, 0.3) is 0 Å². The van der Waals surface area contributed by atoms with Gasteiger partial charge in [0, 0.05) is 6.07 Å². The number of methoxy groups -OCH3 is 3. The highest BCUT2D eigenvalue weighted by Gasteiger charge is 2.15. The molecule has 1 aromatic heterocycles. The van der Waals surface area contributed by atoms with Crippen LogP contribution in [0.3, 0.4) is 0 Å². The highest BCUT2D eigenvalue weighted by molar-refractivity contribution is 6.32. The Morgan fingerprint density at radius 1 is 0.952 bits per heavy atom. The van der Waals surface area contributed by atoms with E-state index >= 15 is 0 Å². The minimum atomic E-state index is 0.202. The first kappa shape index (κ1) is 15.5. The molecule has 0 bridgehead atoms. The third-order valence-electron chi connectivity index (χ3n) is 2.69. The number of halogens is 2. The summed E-state index contributed by atoms with van der Waals surface area (Å²) in [5.41, 5.74) is 0.594. The topological polar surface area (TPSA) is 65.5 Å². The molecule has 0 spiro atoms. The first-order valence-corrected chi connectivity index (χ1v) is 6.59. The molecule has 112 valence electrons. The standard InChI is InChI=1S/C13H13Cl2N3O3/c1-19-9-5-10(20-2)8(4-7(9)14)18-13-11(21-3)12(15)16-6-17-13/h4-6H,1-3H3,(H,16,17,18). The minimum Gasteiger partial charge on any atom is -0.495 e. The van der Waals surface area contributed by atoms with E-state index in [9.17, 15) is 0 Å². The summed E-state index contributed by atoms with van der Waals surface area (Å²) in [7, 11) is 4.55. The van der Waals surface area contributed by atoms with Crippen molar-refractivity contribution < 1.29 is 14.2 Å². The maximum absolute atomic E-state index is 6.12. The Hall–Kier alpha value is -1.92. The molecule has 0 radical (unpaired) electrons. The lowest BCUT2D eigenvalue weighted by Gasteiger charge is -2.15. The summed E-state index contributed by atoms with van der Waals surface area (Å²) in [6.45, 7) is 0. The van der Waals surface area contributed by atoms with Gasteiger partial charge in [-0.2, -0.15) is 0 Å². The van der Waals surface area contributed by atoms with Crippen LogP contribution in [0.5, 0.6) is 17.2 Å². The molecule has 0 unspecified atom stereocenters. The lowest BCUT2D eigenvalue weighted by molar-refractivity contribution is 0.395. The molecule has 0 amide bonds. The van der Waals surface area contributed by atoms with Crippen molar-refractivity contribution in [2.45, 2.75) is 0 Å². The van der Waals surface area contributed by atoms with E-state index in [2.05, 4.69) is 15.3 Å². The van der Waals surface area contributed by atoms with Gasteiger partial charge in [-0.05, 0) is 6.07 Å². The molecule has 2 rings (SSSR count). The fraction of sp³-hybridized carbons (Fsp3) is 0.231. The fourth-order valence-corrected chi connectivity index (χ4v) is 2.16. The number of rotatable bonds is 5. The number of hydrogen-bond acceptors (Lipinski definition) is 6. The average molecular weight is 330 g/mol. The van der Waals surface area contributed by atoms with Crippen LogP contribution in [-0.2, 0) is 0 Å². The predicted molar refractivity (Wildman–Crippen MR) is 81.4 cm³/mol. The van der Waals surface area contributed by atoms with E-state index in [0.29, 0.717) is 33.8 Å². The van der Waals surface area contributed by atoms with Gasteiger partial charge in [-0.1, -0.05) is 23.2 Å². The summed E-state index contributed by atoms with van der Waals surface area (Å²) in [5, 5.41) is 3.68. The Labute approximate surface area is 132 Å². The third-order valence-corrected chi connectivity index (χ3v) is 3.26. The van der Waals surface area contributed by atoms with Crippen LogP contribution in [0, 0.1) is 0 Å². The Morgan fingerprint density at radius 3 is 2.29 bits per heavy atom. The van der Waals surface area contributed by atoms with Gasteiger partial charge in [-0.25, -0.2) is 9.97 Å². The Bertz CT molecular complexity index is 653. The average Bonchev–Trinajstić information content (AvgIpc) is 2.48. The van der Waals surface area contributed by atoms with Gasteiger partial charge in [0.25, 0.3) is 0 Å². The summed E-state index contributed by atoms with van der Waals surface area (Å²) in [4.78, 5) is 7.94. The van der Waals surface area contributed by atoms with Gasteiger partial charge in [0.2, 0.25) is 0 Å². The van der Waals surface area contributed by atoms with Crippen LogP contribution in [0.15, 0.2) is 18.5 Å². The predicted octanol–water partition coefficient (Wildman–Crippen LogP) is 3.55. The molecular weight excluding hydrogens is 317 g/mol. The fourth-order valence-electron chi connectivity index (χ4n) is 1.71. The van der Waals surface area contributed by atoms with Crippen molar-refractivity contribution in [1.29, 1.82) is 0 Å². The molecule has 0 fully saturated rings. The summed E-state index contributed by atoms with van der Waals surface area (Å²) >= 11 is 12.1. The number of anilines is 2. The highest BCUT2D eigenvalue weighted by Crippen LogP contribution is 2.39. The number of ether oxygens (including phenoxy) is 3. The van der Waals surface area contributed by atoms with Gasteiger partial charge in [0.1, 0.15) is 17.8 Å². The van der Waals surface area contributed by atoms with Crippen molar-refractivity contribution in [2.75, 3.05) is 26.6 Å². The number of benzene rings is 1. The second kappa shape index (κ2) is 6.69. The molecule has 8 heteroatoms. The maximum Gasteiger partial charge on any atom is 0.199 e. The second-order valence-electron chi connectivity index (χ2n) is 3.86. The summed E-state index contributed by atoms with van der Waals surface area (Å²) in [5.74, 6) is 1.77. The SMILES string of the molecule is COc1cc(OC)c(Nc2ncnc(Cl)c2OC)cc1Cl. The molecule has 1 N–H and O–H groups in total. The second-order valence-corrected chi connectivity index (χ2v) is 4.62. The number of aromatic nitrogens is 2. The monoisotopic (exact) mass is 329 g/mol. The van der Waals surface area contributed by atoms with Crippen molar-refractivity contribution >= 4 is 34.7 Å². The highest BCUT2D eigenvalue weighted by atomic mass is 35.5. The molecule has 1 heterocycles. The van der Waals surface area contributed by atoms with Crippen molar-refractivity contribution in [3.63, 3.8) is 0 Å². The Balaban J connectivity index is 2.44. The Kier molecular flexibility index (Phi) is 4.93.